The first-order valence-corrected chi connectivity index (χ1v) is 21.0. The Hall–Kier alpha value is -4.12. The van der Waals surface area contributed by atoms with Crippen molar-refractivity contribution in [3.8, 4) is 0 Å². The van der Waals surface area contributed by atoms with Crippen molar-refractivity contribution >= 4 is 43.7 Å². The summed E-state index contributed by atoms with van der Waals surface area (Å²) in [6.45, 7) is 16.0. The van der Waals surface area contributed by atoms with Crippen molar-refractivity contribution in [2.24, 2.45) is 10.5 Å². The zero-order chi connectivity index (χ0) is 40.9. The molecule has 2 rings (SSSR count). The fourth-order valence-corrected chi connectivity index (χ4v) is 7.14. The van der Waals surface area contributed by atoms with Gasteiger partial charge >= 0.3 is 5.97 Å². The van der Waals surface area contributed by atoms with Gasteiger partial charge in [0.1, 0.15) is 6.04 Å². The molecule has 2 atom stereocenters. The molecule has 2 amide bonds. The number of rotatable bonds is 22. The predicted octanol–water partition coefficient (Wildman–Crippen LogP) is 5.48. The second-order valence-electron chi connectivity index (χ2n) is 14.2. The van der Waals surface area contributed by atoms with E-state index < -0.39 is 48.8 Å². The highest BCUT2D eigenvalue weighted by molar-refractivity contribution is 7.86. The van der Waals surface area contributed by atoms with E-state index in [2.05, 4.69) is 17.2 Å². The van der Waals surface area contributed by atoms with Crippen LogP contribution >= 0.6 is 0 Å². The Morgan fingerprint density at radius 1 is 1.02 bits per heavy atom. The molecular formula is C38H56N4O10S2. The predicted molar refractivity (Wildman–Crippen MR) is 209 cm³/mol. The van der Waals surface area contributed by atoms with Crippen molar-refractivity contribution in [1.29, 1.82) is 0 Å². The number of aliphatic carboxylic acids is 1. The number of hydrogen-bond acceptors (Lipinski definition) is 9. The summed E-state index contributed by atoms with van der Waals surface area (Å²) in [5, 5.41) is 21.2. The highest BCUT2D eigenvalue weighted by atomic mass is 32.2. The zero-order valence-corrected chi connectivity index (χ0v) is 33.7. The molecule has 0 aromatic heterocycles. The van der Waals surface area contributed by atoms with Crippen LogP contribution in [-0.2, 0) is 40.0 Å². The molecule has 0 bridgehead atoms. The molecule has 1 aliphatic rings. The van der Waals surface area contributed by atoms with Crippen molar-refractivity contribution < 1.29 is 45.4 Å². The topological polar surface area (TPSA) is 220 Å². The molecule has 0 fully saturated rings. The van der Waals surface area contributed by atoms with Crippen LogP contribution < -0.4 is 10.6 Å². The second-order valence-corrected chi connectivity index (χ2v) is 17.2. The van der Waals surface area contributed by atoms with Crippen LogP contribution in [0.4, 0.5) is 0 Å². The van der Waals surface area contributed by atoms with Gasteiger partial charge in [0.2, 0.25) is 11.8 Å². The minimum Gasteiger partial charge on any atom is -0.480 e. The quantitative estimate of drug-likeness (QED) is 0.0562. The van der Waals surface area contributed by atoms with E-state index in [0.717, 1.165) is 11.3 Å². The number of carboxylic acids is 1. The van der Waals surface area contributed by atoms with Gasteiger partial charge in [0, 0.05) is 48.2 Å². The van der Waals surface area contributed by atoms with Gasteiger partial charge in [-0.1, -0.05) is 57.7 Å². The Labute approximate surface area is 320 Å². The number of nitrogens with one attached hydrogen (secondary N) is 2. The van der Waals surface area contributed by atoms with Crippen LogP contribution in [0.3, 0.4) is 0 Å². The molecule has 0 saturated carbocycles. The van der Waals surface area contributed by atoms with Crippen LogP contribution in [0, 0.1) is 12.3 Å². The van der Waals surface area contributed by atoms with Gasteiger partial charge in [-0.2, -0.15) is 21.9 Å². The van der Waals surface area contributed by atoms with E-state index in [9.17, 15) is 45.4 Å². The molecule has 1 aliphatic heterocycles. The third kappa shape index (κ3) is 13.9. The molecular weight excluding hydrogens is 737 g/mol. The van der Waals surface area contributed by atoms with Gasteiger partial charge in [0.05, 0.1) is 10.6 Å². The average molecular weight is 793 g/mol. The number of unbranched alkanes of at least 4 members (excludes halogenated alkanes) is 1. The van der Waals surface area contributed by atoms with Crippen LogP contribution in [0.15, 0.2) is 76.4 Å². The first kappa shape index (κ1) is 46.0. The van der Waals surface area contributed by atoms with Crippen molar-refractivity contribution in [2.75, 3.05) is 18.8 Å². The Morgan fingerprint density at radius 2 is 1.70 bits per heavy atom. The Bertz CT molecular complexity index is 1880. The normalized spacial score (nSPS) is 18.0. The number of amides is 2. The van der Waals surface area contributed by atoms with E-state index in [4.69, 9.17) is 5.10 Å². The van der Waals surface area contributed by atoms with Crippen LogP contribution in [-0.4, -0.2) is 84.4 Å². The third-order valence-electron chi connectivity index (χ3n) is 9.65. The van der Waals surface area contributed by atoms with Crippen molar-refractivity contribution in [3.05, 3.63) is 77.6 Å². The minimum absolute atomic E-state index is 0.0940. The summed E-state index contributed by atoms with van der Waals surface area (Å²) >= 11 is 0. The third-order valence-corrected chi connectivity index (χ3v) is 11.3. The lowest BCUT2D eigenvalue weighted by Gasteiger charge is -2.29. The average Bonchev–Trinajstić information content (AvgIpc) is 3.29. The number of carboxylic acid groups (broad SMARTS) is 1. The standard InChI is InChI=1S/C38H56N4O10S2/c1-8-15-35(44)40-32(36(45)46)17-12-13-23-39-34(43)21-24-42-33(38(7,29(4)41-42)22-14-25-53(47,48)49)18-11-9-10-16-28(3)37(5,6)31-26-30(54(50,51)52)20-19-27(31)2/h9-11,16,18-20,26,32H,3,8,12-15,17,21-25H2,1-2,4-7H3,(H,39,43)(H,40,44)(H,45,46)(H,47,48,49)(H,50,51,52)/b11-9+,16-10+,33-18-. The molecule has 300 valence electrons. The van der Waals surface area contributed by atoms with E-state index in [1.54, 1.807) is 35.4 Å². The molecule has 0 radical (unpaired) electrons. The Kier molecular flexibility index (Phi) is 17.0. The lowest BCUT2D eigenvalue weighted by molar-refractivity contribution is -0.142. The maximum Gasteiger partial charge on any atom is 0.326 e. The summed E-state index contributed by atoms with van der Waals surface area (Å²) in [5.41, 5.74) is 2.28. The lowest BCUT2D eigenvalue weighted by Crippen LogP contribution is -2.40. The summed E-state index contributed by atoms with van der Waals surface area (Å²) in [6, 6.07) is 3.44. The molecule has 0 spiro atoms. The molecule has 0 saturated heterocycles. The summed E-state index contributed by atoms with van der Waals surface area (Å²) in [7, 11) is -8.55. The summed E-state index contributed by atoms with van der Waals surface area (Å²) in [4.78, 5) is 35.9. The molecule has 1 aromatic carbocycles. The Balaban J connectivity index is 2.14. The summed E-state index contributed by atoms with van der Waals surface area (Å²) in [5.74, 6) is -2.05. The number of benzene rings is 1. The number of carbonyl (C=O) groups is 3. The first-order chi connectivity index (χ1) is 25.0. The fourth-order valence-electron chi connectivity index (χ4n) is 6.12. The van der Waals surface area contributed by atoms with E-state index in [0.29, 0.717) is 49.1 Å². The lowest BCUT2D eigenvalue weighted by atomic mass is 9.76. The number of aryl methyl sites for hydroxylation is 1. The van der Waals surface area contributed by atoms with E-state index in [-0.39, 0.29) is 48.9 Å². The molecule has 0 aliphatic carbocycles. The first-order valence-electron chi connectivity index (χ1n) is 17.9. The van der Waals surface area contributed by atoms with E-state index >= 15 is 0 Å². The molecule has 14 nitrogen and oxygen atoms in total. The van der Waals surface area contributed by atoms with E-state index in [1.165, 1.54) is 12.1 Å². The smallest absolute Gasteiger partial charge is 0.326 e. The van der Waals surface area contributed by atoms with Gasteiger partial charge in [-0.05, 0) is 94.2 Å². The summed E-state index contributed by atoms with van der Waals surface area (Å²) in [6.07, 6.45) is 11.7. The van der Waals surface area contributed by atoms with Gasteiger partial charge in [0.15, 0.2) is 0 Å². The van der Waals surface area contributed by atoms with Gasteiger partial charge < -0.3 is 15.7 Å². The van der Waals surface area contributed by atoms with Gasteiger partial charge in [-0.3, -0.25) is 23.7 Å². The van der Waals surface area contributed by atoms with Gasteiger partial charge in [-0.25, -0.2) is 4.79 Å². The number of nitrogens with zero attached hydrogens (tertiary/aromatic N) is 2. The second kappa shape index (κ2) is 20.0. The molecule has 1 heterocycles. The van der Waals surface area contributed by atoms with Gasteiger partial charge in [-0.15, -0.1) is 0 Å². The van der Waals surface area contributed by atoms with Gasteiger partial charge in [0.25, 0.3) is 20.2 Å². The summed E-state index contributed by atoms with van der Waals surface area (Å²) < 4.78 is 65.3. The van der Waals surface area contributed by atoms with Crippen molar-refractivity contribution in [1.82, 2.24) is 15.6 Å². The number of hydrogen-bond donors (Lipinski definition) is 5. The zero-order valence-electron chi connectivity index (χ0n) is 32.1. The number of allylic oxidation sites excluding steroid dienone is 7. The monoisotopic (exact) mass is 792 g/mol. The number of hydrazone groups is 1. The largest absolute Gasteiger partial charge is 0.480 e. The molecule has 54 heavy (non-hydrogen) atoms. The highest BCUT2D eigenvalue weighted by Gasteiger charge is 2.40. The van der Waals surface area contributed by atoms with Crippen LogP contribution in [0.5, 0.6) is 0 Å². The van der Waals surface area contributed by atoms with E-state index in [1.807, 2.05) is 47.6 Å². The molecule has 16 heteroatoms. The van der Waals surface area contributed by atoms with Crippen molar-refractivity contribution in [3.63, 3.8) is 0 Å². The minimum atomic E-state index is -4.39. The maximum absolute atomic E-state index is 12.8. The maximum atomic E-state index is 12.8. The van der Waals surface area contributed by atoms with Crippen molar-refractivity contribution in [2.45, 2.75) is 109 Å². The van der Waals surface area contributed by atoms with Crippen LogP contribution in [0.2, 0.25) is 0 Å². The molecule has 2 unspecified atom stereocenters. The molecule has 5 N–H and O–H groups in total. The number of carbonyl (C=O) groups excluding carboxylic acids is 2. The highest BCUT2D eigenvalue weighted by Crippen LogP contribution is 2.42. The molecule has 1 aromatic rings. The van der Waals surface area contributed by atoms with Crippen LogP contribution in [0.25, 0.3) is 0 Å². The van der Waals surface area contributed by atoms with Crippen LogP contribution in [0.1, 0.15) is 97.1 Å². The fraction of sp³-hybridized carbons (Fsp3) is 0.526. The Morgan fingerprint density at radius 3 is 2.31 bits per heavy atom. The SMILES string of the molecule is C=C(/C=C/C=C/C=C1\N(CCC(=O)NCCCCC(NC(=O)CCC)C(=O)O)N=C(C)C1(C)CCCS(=O)(=O)O)C(C)(C)c1cc(S(=O)(=O)O)ccc1C.